The molecule has 0 radical (unpaired) electrons. The number of aromatic nitrogens is 1. The first kappa shape index (κ1) is 28.5. The average molecular weight is 643 g/mol. The van der Waals surface area contributed by atoms with Crippen LogP contribution in [0.2, 0.25) is 0 Å². The summed E-state index contributed by atoms with van der Waals surface area (Å²) in [5.74, 6) is 2.56. The van der Waals surface area contributed by atoms with E-state index in [0.717, 1.165) is 41.7 Å². The largest absolute Gasteiger partial charge is 0.494 e. The second-order valence-corrected chi connectivity index (χ2v) is 12.6. The molecule has 0 fully saturated rings. The van der Waals surface area contributed by atoms with E-state index < -0.39 is 0 Å². The molecular weight excluding hydrogens is 606 g/mol. The van der Waals surface area contributed by atoms with Crippen LogP contribution in [-0.4, -0.2) is 11.6 Å². The Morgan fingerprint density at radius 3 is 2.30 bits per heavy atom. The molecule has 1 aromatic heterocycles. The van der Waals surface area contributed by atoms with E-state index in [0.29, 0.717) is 19.1 Å². The van der Waals surface area contributed by atoms with Crippen LogP contribution in [-0.2, 0) is 19.4 Å². The van der Waals surface area contributed by atoms with Gasteiger partial charge in [-0.2, -0.15) is 0 Å². The number of fused-ring (bicyclic) bond motifs is 2. The molecule has 6 aromatic rings. The molecular formula is C40H36BrNO2. The van der Waals surface area contributed by atoms with Gasteiger partial charge in [-0.1, -0.05) is 94.8 Å². The molecule has 220 valence electrons. The number of nitrogens with one attached hydrogen (secondary N) is 1. The fraction of sp³-hybridized carbons (Fsp3) is 0.200. The highest BCUT2D eigenvalue weighted by atomic mass is 79.9. The van der Waals surface area contributed by atoms with Crippen LogP contribution in [0.3, 0.4) is 0 Å². The Labute approximate surface area is 268 Å². The van der Waals surface area contributed by atoms with Crippen molar-refractivity contribution in [2.45, 2.75) is 44.1 Å². The highest BCUT2D eigenvalue weighted by Gasteiger charge is 2.32. The molecule has 0 bridgehead atoms. The molecule has 1 N–H and O–H groups in total. The number of rotatable bonds is 10. The van der Waals surface area contributed by atoms with E-state index >= 15 is 0 Å². The summed E-state index contributed by atoms with van der Waals surface area (Å²) < 4.78 is 13.5. The van der Waals surface area contributed by atoms with Gasteiger partial charge in [0.05, 0.1) is 6.61 Å². The van der Waals surface area contributed by atoms with Crippen LogP contribution in [0.25, 0.3) is 10.9 Å². The van der Waals surface area contributed by atoms with Gasteiger partial charge >= 0.3 is 0 Å². The minimum Gasteiger partial charge on any atom is -0.494 e. The molecule has 1 aliphatic carbocycles. The van der Waals surface area contributed by atoms with Crippen LogP contribution in [0.5, 0.6) is 11.5 Å². The third kappa shape index (κ3) is 6.46. The summed E-state index contributed by atoms with van der Waals surface area (Å²) in [5, 5.41) is 1.24. The Kier molecular flexibility index (Phi) is 8.52. The van der Waals surface area contributed by atoms with E-state index in [4.69, 9.17) is 9.47 Å². The van der Waals surface area contributed by atoms with E-state index in [-0.39, 0.29) is 5.92 Å². The molecule has 0 spiro atoms. The van der Waals surface area contributed by atoms with E-state index in [1.807, 2.05) is 6.07 Å². The summed E-state index contributed by atoms with van der Waals surface area (Å²) >= 11 is 3.56. The van der Waals surface area contributed by atoms with E-state index in [1.54, 1.807) is 0 Å². The summed E-state index contributed by atoms with van der Waals surface area (Å²) in [6, 6.07) is 45.4. The quantitative estimate of drug-likeness (QED) is 0.151. The van der Waals surface area contributed by atoms with Gasteiger partial charge in [-0.15, -0.1) is 0 Å². The van der Waals surface area contributed by atoms with Crippen LogP contribution in [0.4, 0.5) is 0 Å². The summed E-state index contributed by atoms with van der Waals surface area (Å²) in [6.07, 6.45) is 4.06. The Bertz CT molecular complexity index is 1830. The van der Waals surface area contributed by atoms with Crippen molar-refractivity contribution in [3.05, 3.63) is 165 Å². The predicted octanol–water partition coefficient (Wildman–Crippen LogP) is 10.4. The predicted molar refractivity (Wildman–Crippen MR) is 183 cm³/mol. The highest BCUT2D eigenvalue weighted by molar-refractivity contribution is 9.10. The fourth-order valence-electron chi connectivity index (χ4n) is 6.62. The first-order valence-corrected chi connectivity index (χ1v) is 16.3. The summed E-state index contributed by atoms with van der Waals surface area (Å²) in [6.45, 7) is 1.26. The molecule has 1 aliphatic rings. The van der Waals surface area contributed by atoms with Gasteiger partial charge in [0.1, 0.15) is 18.1 Å². The first-order chi connectivity index (χ1) is 21.7. The Morgan fingerprint density at radius 2 is 1.48 bits per heavy atom. The second-order valence-electron chi connectivity index (χ2n) is 11.7. The number of aromatic amines is 1. The van der Waals surface area contributed by atoms with E-state index in [2.05, 4.69) is 142 Å². The van der Waals surface area contributed by atoms with Crippen LogP contribution < -0.4 is 9.47 Å². The molecule has 0 saturated heterocycles. The third-order valence-corrected chi connectivity index (χ3v) is 9.28. The van der Waals surface area contributed by atoms with Gasteiger partial charge in [0.2, 0.25) is 0 Å². The van der Waals surface area contributed by atoms with Gasteiger partial charge in [0.25, 0.3) is 0 Å². The van der Waals surface area contributed by atoms with Crippen molar-refractivity contribution >= 4 is 26.8 Å². The maximum atomic E-state index is 6.20. The zero-order valence-corrected chi connectivity index (χ0v) is 26.3. The van der Waals surface area contributed by atoms with Gasteiger partial charge in [-0.3, -0.25) is 0 Å². The van der Waals surface area contributed by atoms with Gasteiger partial charge < -0.3 is 14.5 Å². The standard InChI is InChI=1S/C40H36BrNO2/c41-33-16-22-39-32(24-33)25-34(42-39)12-7-23-43-35-17-13-30(14-18-35)40-37(29-10-5-2-6-11-29)20-15-31-26-36(19-21-38(31)40)44-27-28-8-3-1-4-9-28/h1-6,8-11,13-14,16-19,21-22,24-26,37,40,42H,7,12,15,20,23,27H2/t37-,40?/m1/s1. The molecule has 0 amide bonds. The van der Waals surface area contributed by atoms with Gasteiger partial charge in [-0.05, 0) is 108 Å². The normalized spacial score (nSPS) is 16.0. The van der Waals surface area contributed by atoms with Crippen molar-refractivity contribution in [2.24, 2.45) is 0 Å². The minimum atomic E-state index is 0.278. The topological polar surface area (TPSA) is 34.2 Å². The SMILES string of the molecule is Brc1ccc2[nH]c(CCCOc3ccc(C4c5ccc(OCc6ccccc6)cc5CC[C@@H]4c4ccccc4)cc3)cc2c1. The molecule has 1 unspecified atom stereocenters. The Balaban J connectivity index is 1.05. The lowest BCUT2D eigenvalue weighted by Gasteiger charge is -2.35. The highest BCUT2D eigenvalue weighted by Crippen LogP contribution is 2.47. The molecule has 5 aromatic carbocycles. The van der Waals surface area contributed by atoms with Crippen molar-refractivity contribution in [3.8, 4) is 11.5 Å². The summed E-state index contributed by atoms with van der Waals surface area (Å²) in [5.41, 5.74) is 9.11. The zero-order valence-electron chi connectivity index (χ0n) is 24.7. The van der Waals surface area contributed by atoms with Crippen LogP contribution >= 0.6 is 15.9 Å². The van der Waals surface area contributed by atoms with Crippen LogP contribution in [0.1, 0.15) is 58.2 Å². The van der Waals surface area contributed by atoms with Gasteiger partial charge in [-0.25, -0.2) is 0 Å². The van der Waals surface area contributed by atoms with Gasteiger partial charge in [0.15, 0.2) is 0 Å². The number of ether oxygens (including phenoxy) is 2. The smallest absolute Gasteiger partial charge is 0.120 e. The molecule has 44 heavy (non-hydrogen) atoms. The van der Waals surface area contributed by atoms with Crippen LogP contribution in [0, 0.1) is 0 Å². The molecule has 7 rings (SSSR count). The lowest BCUT2D eigenvalue weighted by atomic mass is 9.69. The van der Waals surface area contributed by atoms with E-state index in [9.17, 15) is 0 Å². The molecule has 1 heterocycles. The molecule has 3 nitrogen and oxygen atoms in total. The third-order valence-electron chi connectivity index (χ3n) is 8.79. The van der Waals surface area contributed by atoms with Crippen molar-refractivity contribution < 1.29 is 9.47 Å². The number of H-pyrrole nitrogens is 1. The Morgan fingerprint density at radius 1 is 0.705 bits per heavy atom. The minimum absolute atomic E-state index is 0.278. The van der Waals surface area contributed by atoms with Crippen molar-refractivity contribution in [1.29, 1.82) is 0 Å². The fourth-order valence-corrected chi connectivity index (χ4v) is 7.00. The molecule has 0 aliphatic heterocycles. The maximum Gasteiger partial charge on any atom is 0.120 e. The number of aryl methyl sites for hydroxylation is 2. The molecule has 2 atom stereocenters. The van der Waals surface area contributed by atoms with Crippen LogP contribution in [0.15, 0.2) is 132 Å². The number of halogens is 1. The lowest BCUT2D eigenvalue weighted by Crippen LogP contribution is -2.20. The van der Waals surface area contributed by atoms with Gasteiger partial charge in [0, 0.05) is 27.0 Å². The molecule has 0 saturated carbocycles. The average Bonchev–Trinajstić information content (AvgIpc) is 3.48. The maximum absolute atomic E-state index is 6.20. The van der Waals surface area contributed by atoms with Crippen molar-refractivity contribution in [2.75, 3.05) is 6.61 Å². The monoisotopic (exact) mass is 641 g/mol. The number of benzene rings is 5. The number of hydrogen-bond acceptors (Lipinski definition) is 2. The Hall–Kier alpha value is -4.28. The van der Waals surface area contributed by atoms with E-state index in [1.165, 1.54) is 44.4 Å². The molecule has 4 heteroatoms. The zero-order chi connectivity index (χ0) is 29.7. The summed E-state index contributed by atoms with van der Waals surface area (Å²) in [4.78, 5) is 3.52. The first-order valence-electron chi connectivity index (χ1n) is 15.5. The van der Waals surface area contributed by atoms with Crippen molar-refractivity contribution in [1.82, 2.24) is 4.98 Å². The van der Waals surface area contributed by atoms with Crippen molar-refractivity contribution in [3.63, 3.8) is 0 Å². The summed E-state index contributed by atoms with van der Waals surface area (Å²) in [7, 11) is 0. The second kappa shape index (κ2) is 13.2. The lowest BCUT2D eigenvalue weighted by molar-refractivity contribution is 0.305. The number of hydrogen-bond donors (Lipinski definition) is 1.